The van der Waals surface area contributed by atoms with Gasteiger partial charge in [0.05, 0.1) is 5.60 Å². The van der Waals surface area contributed by atoms with E-state index in [2.05, 4.69) is 32.7 Å². The standard InChI is InChI=1S/C13H27NO.C3H6.2C2H6.CH2O2/c1-4-7-13(15,8-5-2)11-12(3)9-6-10-14-12;1-3-2;2*1-2;2-1-3/h14-15H,4-11H2,1-3H3;3H,1H2,2H3;2*1-2H3;1H,(H,2,3). The Bertz CT molecular complexity index is 250. The largest absolute Gasteiger partial charge is 0.483 e. The van der Waals surface area contributed by atoms with Crippen LogP contribution in [0.25, 0.3) is 0 Å². The molecule has 1 aliphatic heterocycles. The molecule has 0 amide bonds. The lowest BCUT2D eigenvalue weighted by Crippen LogP contribution is -2.45. The number of rotatable bonds is 6. The fraction of sp³-hybridized carbons (Fsp3) is 0.857. The Hall–Kier alpha value is -0.870. The maximum atomic E-state index is 10.6. The summed E-state index contributed by atoms with van der Waals surface area (Å²) in [6.45, 7) is 20.7. The topological polar surface area (TPSA) is 69.6 Å². The van der Waals surface area contributed by atoms with Gasteiger partial charge in [0, 0.05) is 5.54 Å². The number of aliphatic hydroxyl groups is 1. The van der Waals surface area contributed by atoms with Crippen LogP contribution in [0.4, 0.5) is 0 Å². The molecular weight excluding hydrogens is 314 g/mol. The van der Waals surface area contributed by atoms with Gasteiger partial charge in [0.25, 0.3) is 6.47 Å². The van der Waals surface area contributed by atoms with E-state index >= 15 is 0 Å². The lowest BCUT2D eigenvalue weighted by molar-refractivity contribution is -0.122. The van der Waals surface area contributed by atoms with Gasteiger partial charge in [0.15, 0.2) is 0 Å². The van der Waals surface area contributed by atoms with Crippen LogP contribution in [0.3, 0.4) is 0 Å². The SMILES string of the molecule is C=CC.CC.CC.CCCC(O)(CCC)CC1(C)CCCN1.O=CO. The Kier molecular flexibility index (Phi) is 29.5. The molecule has 1 heterocycles. The van der Waals surface area contributed by atoms with E-state index in [4.69, 9.17) is 9.90 Å². The Morgan fingerprint density at radius 2 is 1.52 bits per heavy atom. The zero-order valence-electron chi connectivity index (χ0n) is 18.3. The van der Waals surface area contributed by atoms with Crippen molar-refractivity contribution >= 4 is 6.47 Å². The van der Waals surface area contributed by atoms with Gasteiger partial charge in [0.2, 0.25) is 0 Å². The molecule has 1 aliphatic rings. The summed E-state index contributed by atoms with van der Waals surface area (Å²) < 4.78 is 0. The Morgan fingerprint density at radius 3 is 1.76 bits per heavy atom. The van der Waals surface area contributed by atoms with Gasteiger partial charge in [-0.15, -0.1) is 6.58 Å². The zero-order valence-corrected chi connectivity index (χ0v) is 18.3. The monoisotopic (exact) mass is 361 g/mol. The highest BCUT2D eigenvalue weighted by atomic mass is 16.3. The van der Waals surface area contributed by atoms with Crippen LogP contribution in [0, 0.1) is 0 Å². The summed E-state index contributed by atoms with van der Waals surface area (Å²) in [5, 5.41) is 21.0. The van der Waals surface area contributed by atoms with Gasteiger partial charge >= 0.3 is 0 Å². The summed E-state index contributed by atoms with van der Waals surface area (Å²) >= 11 is 0. The van der Waals surface area contributed by atoms with E-state index < -0.39 is 5.60 Å². The third-order valence-corrected chi connectivity index (χ3v) is 3.61. The van der Waals surface area contributed by atoms with Crippen LogP contribution in [0.1, 0.15) is 100 Å². The van der Waals surface area contributed by atoms with Crippen molar-refractivity contribution in [3.63, 3.8) is 0 Å². The Morgan fingerprint density at radius 1 is 1.16 bits per heavy atom. The highest BCUT2D eigenvalue weighted by Gasteiger charge is 2.37. The van der Waals surface area contributed by atoms with Crippen molar-refractivity contribution in [3.05, 3.63) is 12.7 Å². The average Bonchev–Trinajstić information content (AvgIpc) is 2.99. The summed E-state index contributed by atoms with van der Waals surface area (Å²) in [7, 11) is 0. The quantitative estimate of drug-likeness (QED) is 0.413. The molecule has 1 saturated heterocycles. The molecule has 0 bridgehead atoms. The van der Waals surface area contributed by atoms with E-state index in [9.17, 15) is 5.11 Å². The molecule has 1 atom stereocenters. The fourth-order valence-corrected chi connectivity index (χ4v) is 3.07. The number of hydrogen-bond donors (Lipinski definition) is 3. The van der Waals surface area contributed by atoms with Crippen LogP contribution in [0.2, 0.25) is 0 Å². The molecule has 1 rings (SSSR count). The van der Waals surface area contributed by atoms with Gasteiger partial charge in [-0.05, 0) is 52.5 Å². The molecule has 0 aromatic carbocycles. The number of carboxylic acid groups (broad SMARTS) is 1. The molecule has 0 aliphatic carbocycles. The van der Waals surface area contributed by atoms with Gasteiger partial charge in [-0.25, -0.2) is 0 Å². The van der Waals surface area contributed by atoms with Gasteiger partial charge in [0.1, 0.15) is 0 Å². The minimum absolute atomic E-state index is 0.180. The molecular formula is C21H47NO3. The van der Waals surface area contributed by atoms with Gasteiger partial charge in [-0.2, -0.15) is 0 Å². The Labute approximate surface area is 158 Å². The van der Waals surface area contributed by atoms with Crippen LogP contribution in [0.15, 0.2) is 12.7 Å². The second kappa shape index (κ2) is 23.1. The molecule has 4 heteroatoms. The third kappa shape index (κ3) is 21.1. The third-order valence-electron chi connectivity index (χ3n) is 3.61. The van der Waals surface area contributed by atoms with E-state index in [0.29, 0.717) is 0 Å². The lowest BCUT2D eigenvalue weighted by atomic mass is 9.79. The molecule has 1 unspecified atom stereocenters. The van der Waals surface area contributed by atoms with Gasteiger partial charge in [-0.3, -0.25) is 4.79 Å². The molecule has 0 aromatic rings. The van der Waals surface area contributed by atoms with E-state index in [1.54, 1.807) is 6.08 Å². The zero-order chi connectivity index (χ0) is 20.8. The average molecular weight is 362 g/mol. The molecule has 0 saturated carbocycles. The van der Waals surface area contributed by atoms with E-state index in [1.807, 2.05) is 34.6 Å². The summed E-state index contributed by atoms with van der Waals surface area (Å²) in [5.74, 6) is 0. The van der Waals surface area contributed by atoms with Crippen LogP contribution in [0.5, 0.6) is 0 Å². The maximum absolute atomic E-state index is 10.6. The van der Waals surface area contributed by atoms with Crippen LogP contribution in [-0.4, -0.2) is 34.4 Å². The first-order valence-electron chi connectivity index (χ1n) is 9.99. The van der Waals surface area contributed by atoms with Crippen LogP contribution < -0.4 is 5.32 Å². The number of allylic oxidation sites excluding steroid dienone is 1. The molecule has 0 aromatic heterocycles. The lowest BCUT2D eigenvalue weighted by Gasteiger charge is -2.36. The van der Waals surface area contributed by atoms with Crippen LogP contribution in [-0.2, 0) is 4.79 Å². The predicted octanol–water partition coefficient (Wildman–Crippen LogP) is 5.80. The number of carbonyl (C=O) groups is 1. The van der Waals surface area contributed by atoms with Crippen molar-refractivity contribution in [2.45, 2.75) is 111 Å². The molecule has 154 valence electrons. The van der Waals surface area contributed by atoms with Crippen molar-refractivity contribution in [3.8, 4) is 0 Å². The predicted molar refractivity (Wildman–Crippen MR) is 112 cm³/mol. The molecule has 25 heavy (non-hydrogen) atoms. The second-order valence-corrected chi connectivity index (χ2v) is 6.01. The number of nitrogens with one attached hydrogen (secondary N) is 1. The Balaban J connectivity index is -0.000000186. The highest BCUT2D eigenvalue weighted by molar-refractivity contribution is 5.32. The summed E-state index contributed by atoms with van der Waals surface area (Å²) in [6, 6.07) is 0. The minimum atomic E-state index is -0.435. The van der Waals surface area contributed by atoms with Gasteiger partial charge < -0.3 is 15.5 Å². The first-order valence-corrected chi connectivity index (χ1v) is 9.99. The first kappa shape index (κ1) is 31.9. The van der Waals surface area contributed by atoms with Crippen molar-refractivity contribution in [2.75, 3.05) is 6.54 Å². The van der Waals surface area contributed by atoms with E-state index in [-0.39, 0.29) is 12.0 Å². The summed E-state index contributed by atoms with van der Waals surface area (Å²) in [4.78, 5) is 8.36. The summed E-state index contributed by atoms with van der Waals surface area (Å²) in [5.41, 5.74) is -0.255. The fourth-order valence-electron chi connectivity index (χ4n) is 3.07. The minimum Gasteiger partial charge on any atom is -0.483 e. The number of hydrogen-bond acceptors (Lipinski definition) is 3. The molecule has 0 spiro atoms. The van der Waals surface area contributed by atoms with Crippen molar-refractivity contribution < 1.29 is 15.0 Å². The molecule has 4 nitrogen and oxygen atoms in total. The molecule has 3 N–H and O–H groups in total. The van der Waals surface area contributed by atoms with Crippen molar-refractivity contribution in [1.82, 2.24) is 5.32 Å². The van der Waals surface area contributed by atoms with Crippen molar-refractivity contribution in [2.24, 2.45) is 0 Å². The smallest absolute Gasteiger partial charge is 0.290 e. The van der Waals surface area contributed by atoms with E-state index in [1.165, 1.54) is 12.8 Å². The van der Waals surface area contributed by atoms with Crippen LogP contribution >= 0.6 is 0 Å². The highest BCUT2D eigenvalue weighted by Crippen LogP contribution is 2.33. The van der Waals surface area contributed by atoms with Crippen molar-refractivity contribution in [1.29, 1.82) is 0 Å². The van der Waals surface area contributed by atoms with E-state index in [0.717, 1.165) is 38.6 Å². The summed E-state index contributed by atoms with van der Waals surface area (Å²) in [6.07, 6.45) is 9.17. The molecule has 1 fully saturated rings. The maximum Gasteiger partial charge on any atom is 0.290 e. The second-order valence-electron chi connectivity index (χ2n) is 6.01. The molecule has 0 radical (unpaired) electrons. The normalized spacial score (nSPS) is 17.8. The van der Waals surface area contributed by atoms with Gasteiger partial charge in [-0.1, -0.05) is 60.5 Å². The first-order chi connectivity index (χ1) is 11.9.